The molecule has 0 aliphatic heterocycles. The van der Waals surface area contributed by atoms with Crippen LogP contribution in [0, 0.1) is 3.57 Å². The highest BCUT2D eigenvalue weighted by Crippen LogP contribution is 2.15. The summed E-state index contributed by atoms with van der Waals surface area (Å²) in [6.07, 6.45) is 0.248. The number of ether oxygens (including phenoxy) is 2. The Morgan fingerprint density at radius 3 is 2.30 bits per heavy atom. The highest BCUT2D eigenvalue weighted by atomic mass is 127. The molecule has 0 saturated carbocycles. The quantitative estimate of drug-likeness (QED) is 0.692. The maximum absolute atomic E-state index is 12.0. The maximum Gasteiger partial charge on any atom is 0.260 e. The number of carbonyl (C=O) groups excluding carboxylic acids is 1. The molecule has 1 N–H and O–H groups in total. The van der Waals surface area contributed by atoms with E-state index in [2.05, 4.69) is 27.9 Å². The summed E-state index contributed by atoms with van der Waals surface area (Å²) >= 11 is 2.23. The number of halogens is 1. The van der Waals surface area contributed by atoms with Crippen molar-refractivity contribution in [2.24, 2.45) is 0 Å². The van der Waals surface area contributed by atoms with Gasteiger partial charge in [0, 0.05) is 10.1 Å². The van der Waals surface area contributed by atoms with E-state index in [1.54, 1.807) is 14.0 Å². The second-order valence-electron chi connectivity index (χ2n) is 5.10. The Kier molecular flexibility index (Phi) is 6.70. The zero-order valence-corrected chi connectivity index (χ0v) is 15.4. The Morgan fingerprint density at radius 2 is 1.70 bits per heavy atom. The van der Waals surface area contributed by atoms with Crippen LogP contribution in [0.25, 0.3) is 0 Å². The van der Waals surface area contributed by atoms with E-state index in [4.69, 9.17) is 9.47 Å². The van der Waals surface area contributed by atoms with Crippen LogP contribution >= 0.6 is 22.6 Å². The topological polar surface area (TPSA) is 47.6 Å². The van der Waals surface area contributed by atoms with Crippen molar-refractivity contribution < 1.29 is 14.3 Å². The third-order valence-electron chi connectivity index (χ3n) is 3.37. The first-order valence-electron chi connectivity index (χ1n) is 7.41. The first-order valence-corrected chi connectivity index (χ1v) is 8.49. The average Bonchev–Trinajstić information content (AvgIpc) is 2.57. The van der Waals surface area contributed by atoms with E-state index >= 15 is 0 Å². The van der Waals surface area contributed by atoms with Crippen LogP contribution in [0.1, 0.15) is 12.5 Å². The van der Waals surface area contributed by atoms with Crippen molar-refractivity contribution in [3.05, 3.63) is 57.7 Å². The summed E-state index contributed by atoms with van der Waals surface area (Å²) in [6, 6.07) is 15.5. The summed E-state index contributed by atoms with van der Waals surface area (Å²) in [4.78, 5) is 12.0. The molecule has 4 nitrogen and oxygen atoms in total. The van der Waals surface area contributed by atoms with E-state index in [0.29, 0.717) is 12.3 Å². The van der Waals surface area contributed by atoms with Crippen LogP contribution in [0.3, 0.4) is 0 Å². The fraction of sp³-hybridized carbons (Fsp3) is 0.278. The molecule has 2 rings (SSSR count). The first-order chi connectivity index (χ1) is 11.1. The van der Waals surface area contributed by atoms with Crippen LogP contribution in [0.2, 0.25) is 0 Å². The highest BCUT2D eigenvalue weighted by molar-refractivity contribution is 14.1. The lowest BCUT2D eigenvalue weighted by Crippen LogP contribution is -2.37. The first kappa shape index (κ1) is 17.6. The van der Waals surface area contributed by atoms with Gasteiger partial charge in [0.15, 0.2) is 6.10 Å². The standard InChI is InChI=1S/C18H20INO3/c1-13(23-17-9-5-15(19)6-10-17)18(21)20-12-11-14-3-7-16(22-2)8-4-14/h3-10,13H,11-12H2,1-2H3,(H,20,21)/t13-/m0/s1. The minimum atomic E-state index is -0.522. The fourth-order valence-corrected chi connectivity index (χ4v) is 2.40. The van der Waals surface area contributed by atoms with E-state index < -0.39 is 6.10 Å². The molecule has 0 aromatic heterocycles. The molecule has 0 aliphatic rings. The van der Waals surface area contributed by atoms with Gasteiger partial charge in [-0.2, -0.15) is 0 Å². The van der Waals surface area contributed by atoms with Gasteiger partial charge in [0.25, 0.3) is 5.91 Å². The van der Waals surface area contributed by atoms with Crippen LogP contribution in [0.15, 0.2) is 48.5 Å². The van der Waals surface area contributed by atoms with Crippen LogP contribution in [0.5, 0.6) is 11.5 Å². The van der Waals surface area contributed by atoms with Gasteiger partial charge >= 0.3 is 0 Å². The van der Waals surface area contributed by atoms with Crippen molar-refractivity contribution in [1.82, 2.24) is 5.32 Å². The number of hydrogen-bond donors (Lipinski definition) is 1. The molecule has 2 aromatic rings. The second-order valence-corrected chi connectivity index (χ2v) is 6.35. The normalized spacial score (nSPS) is 11.6. The predicted molar refractivity (Wildman–Crippen MR) is 99.0 cm³/mol. The summed E-state index contributed by atoms with van der Waals surface area (Å²) < 4.78 is 11.9. The van der Waals surface area contributed by atoms with Gasteiger partial charge in [-0.25, -0.2) is 0 Å². The van der Waals surface area contributed by atoms with Crippen molar-refractivity contribution >= 4 is 28.5 Å². The molecule has 2 aromatic carbocycles. The predicted octanol–water partition coefficient (Wildman–Crippen LogP) is 3.43. The molecule has 122 valence electrons. The monoisotopic (exact) mass is 425 g/mol. The number of rotatable bonds is 7. The van der Waals surface area contributed by atoms with Gasteiger partial charge in [-0.1, -0.05) is 12.1 Å². The Balaban J connectivity index is 1.75. The van der Waals surface area contributed by atoms with Crippen LogP contribution < -0.4 is 14.8 Å². The zero-order chi connectivity index (χ0) is 16.7. The number of carbonyl (C=O) groups is 1. The van der Waals surface area contributed by atoms with Gasteiger partial charge in [-0.05, 0) is 77.9 Å². The minimum Gasteiger partial charge on any atom is -0.497 e. The van der Waals surface area contributed by atoms with Gasteiger partial charge < -0.3 is 14.8 Å². The SMILES string of the molecule is COc1ccc(CCNC(=O)[C@H](C)Oc2ccc(I)cc2)cc1. The van der Waals surface area contributed by atoms with Crippen LogP contribution in [-0.2, 0) is 11.2 Å². The molecule has 0 fully saturated rings. The van der Waals surface area contributed by atoms with Crippen molar-refractivity contribution in [3.8, 4) is 11.5 Å². The fourth-order valence-electron chi connectivity index (χ4n) is 2.04. The number of amides is 1. The van der Waals surface area contributed by atoms with E-state index in [9.17, 15) is 4.79 Å². The molecule has 0 heterocycles. The van der Waals surface area contributed by atoms with E-state index in [0.717, 1.165) is 21.3 Å². The summed E-state index contributed by atoms with van der Waals surface area (Å²) in [6.45, 7) is 2.33. The Morgan fingerprint density at radius 1 is 1.09 bits per heavy atom. The molecule has 0 bridgehead atoms. The molecular weight excluding hydrogens is 405 g/mol. The van der Waals surface area contributed by atoms with E-state index in [1.165, 1.54) is 0 Å². The van der Waals surface area contributed by atoms with E-state index in [1.807, 2.05) is 48.5 Å². The molecule has 0 saturated heterocycles. The molecule has 1 amide bonds. The van der Waals surface area contributed by atoms with Crippen molar-refractivity contribution in [3.63, 3.8) is 0 Å². The third-order valence-corrected chi connectivity index (χ3v) is 4.09. The Hall–Kier alpha value is -1.76. The van der Waals surface area contributed by atoms with Gasteiger partial charge in [-0.3, -0.25) is 4.79 Å². The second kappa shape index (κ2) is 8.76. The van der Waals surface area contributed by atoms with Gasteiger partial charge in [0.1, 0.15) is 11.5 Å². The third kappa shape index (κ3) is 5.74. The average molecular weight is 425 g/mol. The van der Waals surface area contributed by atoms with Crippen molar-refractivity contribution in [2.75, 3.05) is 13.7 Å². The molecule has 23 heavy (non-hydrogen) atoms. The van der Waals surface area contributed by atoms with Gasteiger partial charge in [-0.15, -0.1) is 0 Å². The molecule has 1 atom stereocenters. The molecule has 0 aliphatic carbocycles. The number of hydrogen-bond acceptors (Lipinski definition) is 3. The Bertz CT molecular complexity index is 626. The summed E-state index contributed by atoms with van der Waals surface area (Å²) in [7, 11) is 1.64. The largest absolute Gasteiger partial charge is 0.497 e. The van der Waals surface area contributed by atoms with E-state index in [-0.39, 0.29) is 5.91 Å². The van der Waals surface area contributed by atoms with Gasteiger partial charge in [0.05, 0.1) is 7.11 Å². The molecule has 0 radical (unpaired) electrons. The summed E-state index contributed by atoms with van der Waals surface area (Å²) in [5.41, 5.74) is 1.15. The van der Waals surface area contributed by atoms with Crippen LogP contribution in [-0.4, -0.2) is 25.7 Å². The maximum atomic E-state index is 12.0. The van der Waals surface area contributed by atoms with Crippen molar-refractivity contribution in [1.29, 1.82) is 0 Å². The summed E-state index contributed by atoms with van der Waals surface area (Å²) in [5.74, 6) is 1.41. The Labute approximate surface area is 150 Å². The molecule has 0 spiro atoms. The molecule has 0 unspecified atom stereocenters. The lowest BCUT2D eigenvalue weighted by Gasteiger charge is -2.14. The minimum absolute atomic E-state index is 0.114. The lowest BCUT2D eigenvalue weighted by atomic mass is 10.1. The van der Waals surface area contributed by atoms with Crippen molar-refractivity contribution in [2.45, 2.75) is 19.4 Å². The van der Waals surface area contributed by atoms with Crippen LogP contribution in [0.4, 0.5) is 0 Å². The summed E-state index contributed by atoms with van der Waals surface area (Å²) in [5, 5.41) is 2.89. The number of nitrogens with one attached hydrogen (secondary N) is 1. The highest BCUT2D eigenvalue weighted by Gasteiger charge is 2.13. The number of methoxy groups -OCH3 is 1. The smallest absolute Gasteiger partial charge is 0.260 e. The number of benzene rings is 2. The lowest BCUT2D eigenvalue weighted by molar-refractivity contribution is -0.127. The molecule has 5 heteroatoms. The molecular formula is C18H20INO3. The van der Waals surface area contributed by atoms with Gasteiger partial charge in [0.2, 0.25) is 0 Å². The zero-order valence-electron chi connectivity index (χ0n) is 13.2.